The average molecular weight is 257 g/mol. The topological polar surface area (TPSA) is 69.6 Å². The number of carbonyl (C=O) groups excluding carboxylic acids is 1. The van der Waals surface area contributed by atoms with Crippen LogP contribution in [0.5, 0.6) is 11.5 Å². The number of hydrogen-bond donors (Lipinski definition) is 3. The first-order valence-corrected chi connectivity index (χ1v) is 5.92. The molecule has 2 aromatic carbocycles. The third-order valence-corrected chi connectivity index (χ3v) is 2.83. The number of benzene rings is 2. The maximum Gasteiger partial charge on any atom is 0.228 e. The quantitative estimate of drug-likeness (QED) is 0.740. The van der Waals surface area contributed by atoms with Gasteiger partial charge in [-0.1, -0.05) is 18.2 Å². The molecule has 0 spiro atoms. The van der Waals surface area contributed by atoms with E-state index in [0.29, 0.717) is 11.3 Å². The second-order valence-corrected chi connectivity index (χ2v) is 4.35. The molecule has 0 radical (unpaired) electrons. The molecule has 4 nitrogen and oxygen atoms in total. The highest BCUT2D eigenvalue weighted by molar-refractivity contribution is 5.93. The van der Waals surface area contributed by atoms with Gasteiger partial charge in [0.25, 0.3) is 0 Å². The zero-order valence-corrected chi connectivity index (χ0v) is 10.6. The maximum atomic E-state index is 11.9. The molecule has 0 heterocycles. The third-order valence-electron chi connectivity index (χ3n) is 2.83. The van der Waals surface area contributed by atoms with E-state index in [0.717, 1.165) is 5.56 Å². The van der Waals surface area contributed by atoms with Crippen molar-refractivity contribution in [2.45, 2.75) is 13.3 Å². The molecule has 0 unspecified atom stereocenters. The fourth-order valence-corrected chi connectivity index (χ4v) is 1.82. The fraction of sp³-hybridized carbons (Fsp3) is 0.133. The first-order chi connectivity index (χ1) is 9.06. The van der Waals surface area contributed by atoms with Crippen LogP contribution < -0.4 is 5.32 Å². The summed E-state index contributed by atoms with van der Waals surface area (Å²) in [6.07, 6.45) is 0.104. The number of phenols is 2. The lowest BCUT2D eigenvalue weighted by atomic mass is 10.1. The number of rotatable bonds is 3. The maximum absolute atomic E-state index is 11.9. The number of phenolic OH excluding ortho intramolecular Hbond substituents is 2. The van der Waals surface area contributed by atoms with E-state index in [-0.39, 0.29) is 23.8 Å². The second kappa shape index (κ2) is 5.44. The molecule has 4 heteroatoms. The molecular formula is C15H15NO3. The molecule has 0 aliphatic heterocycles. The molecule has 0 saturated carbocycles. The Morgan fingerprint density at radius 1 is 1.16 bits per heavy atom. The molecule has 2 aromatic rings. The molecule has 3 N–H and O–H groups in total. The summed E-state index contributed by atoms with van der Waals surface area (Å²) >= 11 is 0. The molecule has 2 rings (SSSR count). The molecule has 0 aliphatic rings. The Morgan fingerprint density at radius 2 is 1.89 bits per heavy atom. The van der Waals surface area contributed by atoms with Crippen LogP contribution in [-0.2, 0) is 11.2 Å². The van der Waals surface area contributed by atoms with Gasteiger partial charge in [0.05, 0.1) is 6.42 Å². The molecule has 0 atom stereocenters. The monoisotopic (exact) mass is 257 g/mol. The summed E-state index contributed by atoms with van der Waals surface area (Å²) in [7, 11) is 0. The summed E-state index contributed by atoms with van der Waals surface area (Å²) in [5, 5.41) is 21.7. The Labute approximate surface area is 111 Å². The molecule has 0 aliphatic carbocycles. The summed E-state index contributed by atoms with van der Waals surface area (Å²) in [6, 6.07) is 11.5. The zero-order chi connectivity index (χ0) is 13.8. The lowest BCUT2D eigenvalue weighted by molar-refractivity contribution is -0.115. The van der Waals surface area contributed by atoms with Crippen molar-refractivity contribution in [1.82, 2.24) is 0 Å². The SMILES string of the molecule is Cc1cc(O)ccc1NC(=O)Cc1ccccc1O. The molecule has 98 valence electrons. The van der Waals surface area contributed by atoms with E-state index in [1.54, 1.807) is 43.3 Å². The first-order valence-electron chi connectivity index (χ1n) is 5.92. The van der Waals surface area contributed by atoms with Crippen molar-refractivity contribution in [3.63, 3.8) is 0 Å². The predicted molar refractivity (Wildman–Crippen MR) is 73.3 cm³/mol. The van der Waals surface area contributed by atoms with Gasteiger partial charge in [-0.05, 0) is 36.8 Å². The van der Waals surface area contributed by atoms with Gasteiger partial charge in [-0.2, -0.15) is 0 Å². The van der Waals surface area contributed by atoms with Crippen LogP contribution in [0, 0.1) is 6.92 Å². The lowest BCUT2D eigenvalue weighted by Crippen LogP contribution is -2.15. The molecule has 0 aromatic heterocycles. The second-order valence-electron chi connectivity index (χ2n) is 4.35. The van der Waals surface area contributed by atoms with Crippen LogP contribution in [0.1, 0.15) is 11.1 Å². The number of aryl methyl sites for hydroxylation is 1. The molecule has 0 saturated heterocycles. The number of carbonyl (C=O) groups is 1. The van der Waals surface area contributed by atoms with Crippen LogP contribution >= 0.6 is 0 Å². The fourth-order valence-electron chi connectivity index (χ4n) is 1.82. The van der Waals surface area contributed by atoms with Gasteiger partial charge in [0.1, 0.15) is 11.5 Å². The van der Waals surface area contributed by atoms with E-state index >= 15 is 0 Å². The minimum absolute atomic E-state index is 0.104. The van der Waals surface area contributed by atoms with Gasteiger partial charge in [-0.25, -0.2) is 0 Å². The Hall–Kier alpha value is -2.49. The van der Waals surface area contributed by atoms with Gasteiger partial charge >= 0.3 is 0 Å². The summed E-state index contributed by atoms with van der Waals surface area (Å²) in [5.74, 6) is 0.0616. The smallest absolute Gasteiger partial charge is 0.228 e. The van der Waals surface area contributed by atoms with Crippen LogP contribution in [-0.4, -0.2) is 16.1 Å². The van der Waals surface area contributed by atoms with Crippen molar-refractivity contribution in [2.75, 3.05) is 5.32 Å². The Morgan fingerprint density at radius 3 is 2.58 bits per heavy atom. The van der Waals surface area contributed by atoms with Crippen LogP contribution in [0.25, 0.3) is 0 Å². The standard InChI is InChI=1S/C15H15NO3/c1-10-8-12(17)6-7-13(10)16-15(19)9-11-4-2-3-5-14(11)18/h2-8,17-18H,9H2,1H3,(H,16,19). The van der Waals surface area contributed by atoms with Crippen molar-refractivity contribution in [3.8, 4) is 11.5 Å². The van der Waals surface area contributed by atoms with E-state index < -0.39 is 0 Å². The number of aromatic hydroxyl groups is 2. The van der Waals surface area contributed by atoms with E-state index in [1.165, 1.54) is 6.07 Å². The summed E-state index contributed by atoms with van der Waals surface area (Å²) in [5.41, 5.74) is 2.01. The van der Waals surface area contributed by atoms with Crippen molar-refractivity contribution in [2.24, 2.45) is 0 Å². The Kier molecular flexibility index (Phi) is 3.71. The molecular weight excluding hydrogens is 242 g/mol. The lowest BCUT2D eigenvalue weighted by Gasteiger charge is -2.09. The summed E-state index contributed by atoms with van der Waals surface area (Å²) in [6.45, 7) is 1.80. The van der Waals surface area contributed by atoms with Gasteiger partial charge in [0.15, 0.2) is 0 Å². The van der Waals surface area contributed by atoms with Gasteiger partial charge in [0.2, 0.25) is 5.91 Å². The molecule has 1 amide bonds. The number of nitrogens with one attached hydrogen (secondary N) is 1. The van der Waals surface area contributed by atoms with E-state index in [9.17, 15) is 15.0 Å². The number of anilines is 1. The first kappa shape index (κ1) is 13.0. The predicted octanol–water partition coefficient (Wildman–Crippen LogP) is 2.59. The van der Waals surface area contributed by atoms with Gasteiger partial charge < -0.3 is 15.5 Å². The normalized spacial score (nSPS) is 10.2. The van der Waals surface area contributed by atoms with Gasteiger partial charge in [0, 0.05) is 11.3 Å². The molecule has 19 heavy (non-hydrogen) atoms. The highest BCUT2D eigenvalue weighted by Crippen LogP contribution is 2.21. The highest BCUT2D eigenvalue weighted by Gasteiger charge is 2.08. The van der Waals surface area contributed by atoms with Crippen molar-refractivity contribution >= 4 is 11.6 Å². The molecule has 0 fully saturated rings. The number of para-hydroxylation sites is 1. The minimum atomic E-state index is -0.213. The van der Waals surface area contributed by atoms with Crippen molar-refractivity contribution in [1.29, 1.82) is 0 Å². The van der Waals surface area contributed by atoms with Crippen molar-refractivity contribution < 1.29 is 15.0 Å². The largest absolute Gasteiger partial charge is 0.508 e. The van der Waals surface area contributed by atoms with Crippen LogP contribution in [0.4, 0.5) is 5.69 Å². The van der Waals surface area contributed by atoms with E-state index in [1.807, 2.05) is 0 Å². The van der Waals surface area contributed by atoms with Gasteiger partial charge in [-0.15, -0.1) is 0 Å². The van der Waals surface area contributed by atoms with Crippen LogP contribution in [0.3, 0.4) is 0 Å². The summed E-state index contributed by atoms with van der Waals surface area (Å²) in [4.78, 5) is 11.9. The molecule has 0 bridgehead atoms. The van der Waals surface area contributed by atoms with Crippen LogP contribution in [0.15, 0.2) is 42.5 Å². The average Bonchev–Trinajstić information content (AvgIpc) is 2.36. The summed E-state index contributed by atoms with van der Waals surface area (Å²) < 4.78 is 0. The minimum Gasteiger partial charge on any atom is -0.508 e. The number of amides is 1. The Balaban J connectivity index is 2.08. The Bertz CT molecular complexity index is 608. The third kappa shape index (κ3) is 3.25. The zero-order valence-electron chi connectivity index (χ0n) is 10.6. The van der Waals surface area contributed by atoms with E-state index in [2.05, 4.69) is 5.32 Å². The van der Waals surface area contributed by atoms with Crippen molar-refractivity contribution in [3.05, 3.63) is 53.6 Å². The number of hydrogen-bond acceptors (Lipinski definition) is 3. The van der Waals surface area contributed by atoms with Crippen LogP contribution in [0.2, 0.25) is 0 Å². The highest BCUT2D eigenvalue weighted by atomic mass is 16.3. The van der Waals surface area contributed by atoms with E-state index in [4.69, 9.17) is 0 Å². The van der Waals surface area contributed by atoms with Gasteiger partial charge in [-0.3, -0.25) is 4.79 Å².